The van der Waals surface area contributed by atoms with Gasteiger partial charge in [0.1, 0.15) is 0 Å². The third-order valence-electron chi connectivity index (χ3n) is 3.76. The molecule has 0 radical (unpaired) electrons. The number of ether oxygens (including phenoxy) is 1. The SMILES string of the molecule is Cc1nn(CCC(=O)NC(C)C2CCCO2)c(C)c1Cl. The fourth-order valence-electron chi connectivity index (χ4n) is 2.52. The summed E-state index contributed by atoms with van der Waals surface area (Å²) in [5, 5.41) is 7.99. The van der Waals surface area contributed by atoms with Crippen molar-refractivity contribution < 1.29 is 9.53 Å². The van der Waals surface area contributed by atoms with E-state index >= 15 is 0 Å². The Balaban J connectivity index is 1.81. The number of aryl methyl sites for hydroxylation is 2. The molecule has 1 N–H and O–H groups in total. The van der Waals surface area contributed by atoms with E-state index in [2.05, 4.69) is 10.4 Å². The lowest BCUT2D eigenvalue weighted by Gasteiger charge is -2.20. The van der Waals surface area contributed by atoms with Gasteiger partial charge in [-0.3, -0.25) is 9.48 Å². The molecule has 1 amide bonds. The van der Waals surface area contributed by atoms with Crippen LogP contribution in [0, 0.1) is 13.8 Å². The minimum atomic E-state index is 0.0247. The van der Waals surface area contributed by atoms with Crippen molar-refractivity contribution in [3.63, 3.8) is 0 Å². The molecule has 2 rings (SSSR count). The lowest BCUT2D eigenvalue weighted by molar-refractivity contribution is -0.122. The van der Waals surface area contributed by atoms with Gasteiger partial charge in [-0.05, 0) is 33.6 Å². The van der Waals surface area contributed by atoms with Gasteiger partial charge in [0.15, 0.2) is 0 Å². The minimum Gasteiger partial charge on any atom is -0.376 e. The minimum absolute atomic E-state index is 0.0247. The third-order valence-corrected chi connectivity index (χ3v) is 4.30. The number of hydrogen-bond acceptors (Lipinski definition) is 3. The molecule has 0 spiro atoms. The molecule has 0 saturated carbocycles. The number of nitrogens with one attached hydrogen (secondary N) is 1. The van der Waals surface area contributed by atoms with Crippen molar-refractivity contribution in [2.75, 3.05) is 6.61 Å². The Morgan fingerprint density at radius 3 is 2.90 bits per heavy atom. The highest BCUT2D eigenvalue weighted by atomic mass is 35.5. The summed E-state index contributed by atoms with van der Waals surface area (Å²) in [6.45, 7) is 7.12. The maximum Gasteiger partial charge on any atom is 0.222 e. The second-order valence-electron chi connectivity index (χ2n) is 5.37. The average Bonchev–Trinajstić information content (AvgIpc) is 3.02. The maximum absolute atomic E-state index is 11.9. The summed E-state index contributed by atoms with van der Waals surface area (Å²) in [7, 11) is 0. The molecule has 2 unspecified atom stereocenters. The number of rotatable bonds is 5. The molecule has 1 aromatic heterocycles. The van der Waals surface area contributed by atoms with Gasteiger partial charge in [-0.15, -0.1) is 0 Å². The first-order valence-electron chi connectivity index (χ1n) is 7.09. The first-order valence-corrected chi connectivity index (χ1v) is 7.47. The first kappa shape index (κ1) is 15.3. The fourth-order valence-corrected chi connectivity index (χ4v) is 2.65. The van der Waals surface area contributed by atoms with Gasteiger partial charge in [0, 0.05) is 13.0 Å². The summed E-state index contributed by atoms with van der Waals surface area (Å²) in [4.78, 5) is 11.9. The lowest BCUT2D eigenvalue weighted by Crippen LogP contribution is -2.41. The van der Waals surface area contributed by atoms with Crippen LogP contribution in [0.1, 0.15) is 37.6 Å². The zero-order valence-corrected chi connectivity index (χ0v) is 13.0. The van der Waals surface area contributed by atoms with E-state index < -0.39 is 0 Å². The Morgan fingerprint density at radius 1 is 1.60 bits per heavy atom. The molecular formula is C14H22ClN3O2. The maximum atomic E-state index is 11.9. The van der Waals surface area contributed by atoms with Gasteiger partial charge in [0.25, 0.3) is 0 Å². The monoisotopic (exact) mass is 299 g/mol. The Kier molecular flexibility index (Phi) is 5.05. The number of amides is 1. The van der Waals surface area contributed by atoms with Crippen molar-refractivity contribution in [3.05, 3.63) is 16.4 Å². The van der Waals surface area contributed by atoms with Crippen molar-refractivity contribution in [2.45, 2.75) is 58.7 Å². The zero-order chi connectivity index (χ0) is 14.7. The van der Waals surface area contributed by atoms with E-state index in [4.69, 9.17) is 16.3 Å². The normalized spacial score (nSPS) is 20.1. The van der Waals surface area contributed by atoms with Gasteiger partial charge in [0.05, 0.1) is 35.1 Å². The Bertz CT molecular complexity index is 481. The first-order chi connectivity index (χ1) is 9.49. The topological polar surface area (TPSA) is 56.2 Å². The van der Waals surface area contributed by atoms with Gasteiger partial charge < -0.3 is 10.1 Å². The summed E-state index contributed by atoms with van der Waals surface area (Å²) >= 11 is 6.08. The van der Waals surface area contributed by atoms with E-state index in [0.717, 1.165) is 30.8 Å². The summed E-state index contributed by atoms with van der Waals surface area (Å²) in [5.41, 5.74) is 1.71. The van der Waals surface area contributed by atoms with Crippen LogP contribution in [0.4, 0.5) is 0 Å². The highest BCUT2D eigenvalue weighted by molar-refractivity contribution is 6.31. The van der Waals surface area contributed by atoms with Crippen LogP contribution in [0.15, 0.2) is 0 Å². The second kappa shape index (κ2) is 6.59. The highest BCUT2D eigenvalue weighted by Crippen LogP contribution is 2.19. The molecule has 20 heavy (non-hydrogen) atoms. The fraction of sp³-hybridized carbons (Fsp3) is 0.714. The van der Waals surface area contributed by atoms with E-state index in [1.807, 2.05) is 20.8 Å². The summed E-state index contributed by atoms with van der Waals surface area (Å²) in [5.74, 6) is 0.0247. The molecule has 1 fully saturated rings. The van der Waals surface area contributed by atoms with Gasteiger partial charge >= 0.3 is 0 Å². The molecule has 2 heterocycles. The number of nitrogens with zero attached hydrogens (tertiary/aromatic N) is 2. The van der Waals surface area contributed by atoms with Crippen molar-refractivity contribution in [1.29, 1.82) is 0 Å². The molecule has 1 saturated heterocycles. The number of hydrogen-bond donors (Lipinski definition) is 1. The van der Waals surface area contributed by atoms with Crippen molar-refractivity contribution in [2.24, 2.45) is 0 Å². The van der Waals surface area contributed by atoms with Crippen LogP contribution in [0.2, 0.25) is 5.02 Å². The Labute approximate surface area is 124 Å². The number of halogens is 1. The van der Waals surface area contributed by atoms with Crippen molar-refractivity contribution >= 4 is 17.5 Å². The standard InChI is InChI=1S/C14H22ClN3O2/c1-9(12-5-4-8-20-12)16-13(19)6-7-18-11(3)14(15)10(2)17-18/h9,12H,4-8H2,1-3H3,(H,16,19). The molecule has 0 bridgehead atoms. The molecular weight excluding hydrogens is 278 g/mol. The van der Waals surface area contributed by atoms with Crippen LogP contribution >= 0.6 is 11.6 Å². The predicted molar refractivity (Wildman–Crippen MR) is 77.9 cm³/mol. The van der Waals surface area contributed by atoms with Gasteiger partial charge in [-0.25, -0.2) is 0 Å². The summed E-state index contributed by atoms with van der Waals surface area (Å²) < 4.78 is 7.35. The lowest BCUT2D eigenvalue weighted by atomic mass is 10.1. The number of aromatic nitrogens is 2. The third kappa shape index (κ3) is 3.52. The molecule has 0 aromatic carbocycles. The molecule has 0 aliphatic carbocycles. The van der Waals surface area contributed by atoms with E-state index in [0.29, 0.717) is 18.0 Å². The molecule has 6 heteroatoms. The molecule has 112 valence electrons. The van der Waals surface area contributed by atoms with Crippen LogP contribution in [-0.2, 0) is 16.1 Å². The van der Waals surface area contributed by atoms with Crippen LogP contribution in [0.25, 0.3) is 0 Å². The van der Waals surface area contributed by atoms with E-state index in [1.165, 1.54) is 0 Å². The molecule has 1 aromatic rings. The van der Waals surface area contributed by atoms with Crippen LogP contribution in [0.3, 0.4) is 0 Å². The molecule has 1 aliphatic heterocycles. The van der Waals surface area contributed by atoms with Crippen molar-refractivity contribution in [3.8, 4) is 0 Å². The van der Waals surface area contributed by atoms with E-state index in [-0.39, 0.29) is 18.1 Å². The van der Waals surface area contributed by atoms with Crippen LogP contribution < -0.4 is 5.32 Å². The van der Waals surface area contributed by atoms with E-state index in [9.17, 15) is 4.79 Å². The summed E-state index contributed by atoms with van der Waals surface area (Å²) in [6.07, 6.45) is 2.65. The van der Waals surface area contributed by atoms with Gasteiger partial charge in [0.2, 0.25) is 5.91 Å². The van der Waals surface area contributed by atoms with Crippen LogP contribution in [0.5, 0.6) is 0 Å². The Morgan fingerprint density at radius 2 is 2.35 bits per heavy atom. The quantitative estimate of drug-likeness (QED) is 0.907. The predicted octanol–water partition coefficient (Wildman–Crippen LogP) is 2.23. The summed E-state index contributed by atoms with van der Waals surface area (Å²) in [6, 6.07) is 0.0639. The highest BCUT2D eigenvalue weighted by Gasteiger charge is 2.23. The number of carbonyl (C=O) groups is 1. The Hall–Kier alpha value is -1.07. The van der Waals surface area contributed by atoms with E-state index in [1.54, 1.807) is 4.68 Å². The molecule has 1 aliphatic rings. The molecule has 5 nitrogen and oxygen atoms in total. The zero-order valence-electron chi connectivity index (χ0n) is 12.3. The van der Waals surface area contributed by atoms with Crippen molar-refractivity contribution in [1.82, 2.24) is 15.1 Å². The second-order valence-corrected chi connectivity index (χ2v) is 5.74. The number of carbonyl (C=O) groups excluding carboxylic acids is 1. The average molecular weight is 300 g/mol. The van der Waals surface area contributed by atoms with Gasteiger partial charge in [-0.2, -0.15) is 5.10 Å². The molecule has 2 atom stereocenters. The van der Waals surface area contributed by atoms with Gasteiger partial charge in [-0.1, -0.05) is 11.6 Å². The smallest absolute Gasteiger partial charge is 0.222 e. The van der Waals surface area contributed by atoms with Crippen LogP contribution in [-0.4, -0.2) is 34.4 Å². The largest absolute Gasteiger partial charge is 0.376 e.